The van der Waals surface area contributed by atoms with Gasteiger partial charge in [-0.15, -0.1) is 6.42 Å². The van der Waals surface area contributed by atoms with Crippen LogP contribution < -0.4 is 5.32 Å². The summed E-state index contributed by atoms with van der Waals surface area (Å²) in [5.41, 5.74) is 1.33. The fraction of sp³-hybridized carbons (Fsp3) is 0.375. The van der Waals surface area contributed by atoms with Crippen molar-refractivity contribution >= 4 is 17.5 Å². The lowest BCUT2D eigenvalue weighted by molar-refractivity contribution is 0.101. The van der Waals surface area contributed by atoms with Crippen LogP contribution in [-0.2, 0) is 0 Å². The van der Waals surface area contributed by atoms with Crippen molar-refractivity contribution in [1.82, 2.24) is 9.80 Å². The first kappa shape index (κ1) is 15.1. The van der Waals surface area contributed by atoms with Crippen LogP contribution in [0.25, 0.3) is 0 Å². The summed E-state index contributed by atoms with van der Waals surface area (Å²) < 4.78 is 0. The molecule has 1 aliphatic rings. The molecule has 1 N–H and O–H groups in total. The predicted octanol–water partition coefficient (Wildman–Crippen LogP) is 1.67. The van der Waals surface area contributed by atoms with Gasteiger partial charge in [-0.25, -0.2) is 4.79 Å². The summed E-state index contributed by atoms with van der Waals surface area (Å²) in [4.78, 5) is 27.2. The molecule has 2 rings (SSSR count). The Morgan fingerprint density at radius 3 is 2.33 bits per heavy atom. The highest BCUT2D eigenvalue weighted by atomic mass is 16.2. The molecule has 0 bridgehead atoms. The van der Waals surface area contributed by atoms with Crippen LogP contribution in [0.1, 0.15) is 17.3 Å². The molecule has 0 aromatic heterocycles. The zero-order valence-electron chi connectivity index (χ0n) is 12.1. The van der Waals surface area contributed by atoms with E-state index >= 15 is 0 Å². The molecular formula is C16H19N3O2. The van der Waals surface area contributed by atoms with Gasteiger partial charge in [-0.2, -0.15) is 0 Å². The number of piperazine rings is 1. The van der Waals surface area contributed by atoms with E-state index in [4.69, 9.17) is 6.42 Å². The highest BCUT2D eigenvalue weighted by Crippen LogP contribution is 2.11. The summed E-state index contributed by atoms with van der Waals surface area (Å²) in [7, 11) is 0. The third-order valence-electron chi connectivity index (χ3n) is 3.52. The molecule has 5 heteroatoms. The van der Waals surface area contributed by atoms with E-state index in [2.05, 4.69) is 16.1 Å². The summed E-state index contributed by atoms with van der Waals surface area (Å²) in [5, 5.41) is 2.84. The number of amides is 2. The summed E-state index contributed by atoms with van der Waals surface area (Å²) >= 11 is 0. The van der Waals surface area contributed by atoms with Crippen molar-refractivity contribution in [2.75, 3.05) is 38.0 Å². The number of nitrogens with zero attached hydrogens (tertiary/aromatic N) is 2. The summed E-state index contributed by atoms with van der Waals surface area (Å²) in [6.07, 6.45) is 5.28. The number of ketones is 1. The maximum absolute atomic E-state index is 12.1. The highest BCUT2D eigenvalue weighted by Gasteiger charge is 2.20. The van der Waals surface area contributed by atoms with Gasteiger partial charge in [0.25, 0.3) is 0 Å². The van der Waals surface area contributed by atoms with E-state index in [1.165, 1.54) is 6.92 Å². The third-order valence-corrected chi connectivity index (χ3v) is 3.52. The number of benzene rings is 1. The van der Waals surface area contributed by atoms with Gasteiger partial charge >= 0.3 is 6.03 Å². The van der Waals surface area contributed by atoms with E-state index < -0.39 is 0 Å². The van der Waals surface area contributed by atoms with Gasteiger partial charge in [-0.3, -0.25) is 9.69 Å². The average Bonchev–Trinajstić information content (AvgIpc) is 2.49. The van der Waals surface area contributed by atoms with Gasteiger partial charge in [0, 0.05) is 37.4 Å². The normalized spacial score (nSPS) is 15.3. The number of carbonyl (C=O) groups is 2. The number of hydrogen-bond acceptors (Lipinski definition) is 3. The van der Waals surface area contributed by atoms with Crippen LogP contribution in [0.2, 0.25) is 0 Å². The third kappa shape index (κ3) is 4.07. The molecule has 0 atom stereocenters. The number of nitrogens with one attached hydrogen (secondary N) is 1. The van der Waals surface area contributed by atoms with Crippen LogP contribution in [0.15, 0.2) is 24.3 Å². The number of urea groups is 1. The van der Waals surface area contributed by atoms with Gasteiger partial charge in [0.2, 0.25) is 0 Å². The van der Waals surface area contributed by atoms with E-state index in [0.717, 1.165) is 13.1 Å². The van der Waals surface area contributed by atoms with Gasteiger partial charge in [0.05, 0.1) is 6.54 Å². The molecule has 21 heavy (non-hydrogen) atoms. The Kier molecular flexibility index (Phi) is 4.96. The Hall–Kier alpha value is -2.32. The van der Waals surface area contributed by atoms with Crippen molar-refractivity contribution in [2.45, 2.75) is 6.92 Å². The van der Waals surface area contributed by atoms with Gasteiger partial charge in [-0.05, 0) is 31.2 Å². The quantitative estimate of drug-likeness (QED) is 0.679. The Balaban J connectivity index is 1.87. The minimum absolute atomic E-state index is 0.0116. The Labute approximate surface area is 124 Å². The van der Waals surface area contributed by atoms with Crippen LogP contribution >= 0.6 is 0 Å². The van der Waals surface area contributed by atoms with Crippen molar-refractivity contribution < 1.29 is 9.59 Å². The first-order chi connectivity index (χ1) is 10.1. The second-order valence-corrected chi connectivity index (χ2v) is 5.03. The van der Waals surface area contributed by atoms with Gasteiger partial charge in [0.1, 0.15) is 0 Å². The number of anilines is 1. The molecule has 0 aliphatic carbocycles. The second kappa shape index (κ2) is 6.91. The maximum atomic E-state index is 12.1. The Morgan fingerprint density at radius 1 is 1.19 bits per heavy atom. The first-order valence-corrected chi connectivity index (χ1v) is 6.93. The largest absolute Gasteiger partial charge is 0.322 e. The van der Waals surface area contributed by atoms with Crippen LogP contribution in [-0.4, -0.2) is 54.3 Å². The zero-order chi connectivity index (χ0) is 15.2. The van der Waals surface area contributed by atoms with Gasteiger partial charge in [0.15, 0.2) is 5.78 Å². The van der Waals surface area contributed by atoms with E-state index in [1.807, 2.05) is 0 Å². The molecule has 0 saturated carbocycles. The standard InChI is InChI=1S/C16H19N3O2/c1-3-8-18-9-11-19(12-10-18)16(21)17-15-6-4-14(5-7-15)13(2)20/h1,4-7H,8-12H2,2H3,(H,17,21). The summed E-state index contributed by atoms with van der Waals surface area (Å²) in [6.45, 7) is 5.06. The average molecular weight is 285 g/mol. The predicted molar refractivity (Wildman–Crippen MR) is 82.3 cm³/mol. The fourth-order valence-electron chi connectivity index (χ4n) is 2.23. The molecule has 1 aromatic rings. The van der Waals surface area contributed by atoms with Crippen LogP contribution in [0, 0.1) is 12.3 Å². The van der Waals surface area contributed by atoms with Gasteiger partial charge < -0.3 is 10.2 Å². The van der Waals surface area contributed by atoms with Crippen LogP contribution in [0.5, 0.6) is 0 Å². The maximum Gasteiger partial charge on any atom is 0.321 e. The second-order valence-electron chi connectivity index (χ2n) is 5.03. The lowest BCUT2D eigenvalue weighted by atomic mass is 10.1. The van der Waals surface area contributed by atoms with Crippen molar-refractivity contribution in [1.29, 1.82) is 0 Å². The lowest BCUT2D eigenvalue weighted by Crippen LogP contribution is -2.50. The zero-order valence-corrected chi connectivity index (χ0v) is 12.1. The monoisotopic (exact) mass is 285 g/mol. The molecule has 1 saturated heterocycles. The van der Waals surface area contributed by atoms with Crippen molar-refractivity contribution in [3.8, 4) is 12.3 Å². The molecular weight excluding hydrogens is 266 g/mol. The molecule has 5 nitrogen and oxygen atoms in total. The van der Waals surface area contributed by atoms with Crippen molar-refractivity contribution in [2.24, 2.45) is 0 Å². The molecule has 0 radical (unpaired) electrons. The molecule has 1 heterocycles. The van der Waals surface area contributed by atoms with Crippen LogP contribution in [0.3, 0.4) is 0 Å². The summed E-state index contributed by atoms with van der Waals surface area (Å²) in [6, 6.07) is 6.78. The number of rotatable bonds is 3. The summed E-state index contributed by atoms with van der Waals surface area (Å²) in [5.74, 6) is 2.63. The minimum Gasteiger partial charge on any atom is -0.322 e. The lowest BCUT2D eigenvalue weighted by Gasteiger charge is -2.33. The molecule has 0 unspecified atom stereocenters. The van der Waals surface area contributed by atoms with E-state index in [9.17, 15) is 9.59 Å². The SMILES string of the molecule is C#CCN1CCN(C(=O)Nc2ccc(C(C)=O)cc2)CC1. The molecule has 1 fully saturated rings. The molecule has 1 aliphatic heterocycles. The molecule has 0 spiro atoms. The minimum atomic E-state index is -0.120. The number of hydrogen-bond donors (Lipinski definition) is 1. The molecule has 2 amide bonds. The van der Waals surface area contributed by atoms with E-state index in [-0.39, 0.29) is 11.8 Å². The van der Waals surface area contributed by atoms with Crippen LogP contribution in [0.4, 0.5) is 10.5 Å². The Bertz CT molecular complexity index is 552. The number of carbonyl (C=O) groups excluding carboxylic acids is 2. The highest BCUT2D eigenvalue weighted by molar-refractivity contribution is 5.95. The molecule has 1 aromatic carbocycles. The first-order valence-electron chi connectivity index (χ1n) is 6.93. The van der Waals surface area contributed by atoms with Gasteiger partial charge in [-0.1, -0.05) is 5.92 Å². The Morgan fingerprint density at radius 2 is 1.81 bits per heavy atom. The van der Waals surface area contributed by atoms with Crippen molar-refractivity contribution in [3.05, 3.63) is 29.8 Å². The van der Waals surface area contributed by atoms with E-state index in [0.29, 0.717) is 30.9 Å². The molecule has 110 valence electrons. The topological polar surface area (TPSA) is 52.6 Å². The number of Topliss-reactive ketones (excluding diaryl/α,β-unsaturated/α-hetero) is 1. The van der Waals surface area contributed by atoms with E-state index in [1.54, 1.807) is 29.2 Å². The fourth-order valence-corrected chi connectivity index (χ4v) is 2.23. The number of terminal acetylenes is 1. The smallest absolute Gasteiger partial charge is 0.321 e. The van der Waals surface area contributed by atoms with Crippen molar-refractivity contribution in [3.63, 3.8) is 0 Å².